The second-order valence-corrected chi connectivity index (χ2v) is 9.09. The Hall–Kier alpha value is -3.58. The van der Waals surface area contributed by atoms with Crippen LogP contribution in [0.15, 0.2) is 83.1 Å². The molecule has 2 aliphatic heterocycles. The Bertz CT molecular complexity index is 1390. The van der Waals surface area contributed by atoms with Gasteiger partial charge in [-0.25, -0.2) is 4.68 Å². The molecular weight excluding hydrogens is 480 g/mol. The molecule has 0 radical (unpaired) electrons. The molecule has 1 aromatic heterocycles. The zero-order chi connectivity index (χ0) is 22.5. The van der Waals surface area contributed by atoms with Gasteiger partial charge < -0.3 is 14.8 Å². The average Bonchev–Trinajstić information content (AvgIpc) is 3.31. The van der Waals surface area contributed by atoms with Crippen molar-refractivity contribution >= 4 is 27.6 Å². The molecule has 0 aliphatic carbocycles. The number of hydrogen-bond donors (Lipinski definition) is 1. The largest absolute Gasteiger partial charge is 0.496 e. The van der Waals surface area contributed by atoms with Crippen LogP contribution in [0.3, 0.4) is 0 Å². The molecule has 0 spiro atoms. The van der Waals surface area contributed by atoms with Crippen LogP contribution in [0.1, 0.15) is 34.4 Å². The van der Waals surface area contributed by atoms with Crippen molar-refractivity contribution in [1.29, 1.82) is 0 Å². The molecule has 1 N–H and O–H groups in total. The lowest BCUT2D eigenvalue weighted by atomic mass is 9.84. The lowest BCUT2D eigenvalue weighted by Gasteiger charge is -2.39. The predicted octanol–water partition coefficient (Wildman–Crippen LogP) is 5.92. The minimum absolute atomic E-state index is 0.193. The second kappa shape index (κ2) is 7.78. The number of para-hydroxylation sites is 1. The number of nitrogens with zero attached hydrogens (tertiary/aromatic N) is 3. The molecule has 4 aromatic rings. The van der Waals surface area contributed by atoms with E-state index in [9.17, 15) is 0 Å². The number of halogens is 1. The Balaban J connectivity index is 1.65. The molecule has 6 rings (SSSR count). The quantitative estimate of drug-likeness (QED) is 0.378. The minimum Gasteiger partial charge on any atom is -0.496 e. The van der Waals surface area contributed by atoms with E-state index in [4.69, 9.17) is 9.47 Å². The van der Waals surface area contributed by atoms with Gasteiger partial charge in [-0.2, -0.15) is 10.1 Å². The van der Waals surface area contributed by atoms with Gasteiger partial charge in [-0.3, -0.25) is 0 Å². The van der Waals surface area contributed by atoms with Gasteiger partial charge in [0.2, 0.25) is 5.95 Å². The highest BCUT2D eigenvalue weighted by Gasteiger charge is 2.41. The number of hydrogen-bond acceptors (Lipinski definition) is 5. The maximum Gasteiger partial charge on any atom is 0.226 e. The Morgan fingerprint density at radius 2 is 1.88 bits per heavy atom. The van der Waals surface area contributed by atoms with Crippen LogP contribution in [-0.2, 0) is 0 Å². The number of rotatable bonds is 3. The third-order valence-corrected chi connectivity index (χ3v) is 6.68. The Labute approximate surface area is 200 Å². The van der Waals surface area contributed by atoms with Crippen molar-refractivity contribution in [3.8, 4) is 11.5 Å². The topological polar surface area (TPSA) is 61.2 Å². The number of aromatic nitrogens is 3. The van der Waals surface area contributed by atoms with E-state index in [2.05, 4.69) is 74.7 Å². The van der Waals surface area contributed by atoms with Crippen molar-refractivity contribution in [2.75, 3.05) is 12.4 Å². The number of nitrogens with one attached hydrogen (secondary N) is 1. The van der Waals surface area contributed by atoms with Crippen LogP contribution in [0.5, 0.6) is 11.5 Å². The van der Waals surface area contributed by atoms with Gasteiger partial charge in [0.25, 0.3) is 0 Å². The van der Waals surface area contributed by atoms with Crippen molar-refractivity contribution in [2.45, 2.75) is 19.1 Å². The van der Waals surface area contributed by atoms with Gasteiger partial charge in [0, 0.05) is 21.2 Å². The average molecular weight is 501 g/mol. The third kappa shape index (κ3) is 3.23. The Morgan fingerprint density at radius 3 is 2.70 bits per heavy atom. The van der Waals surface area contributed by atoms with Gasteiger partial charge in [0.15, 0.2) is 6.10 Å². The fourth-order valence-corrected chi connectivity index (χ4v) is 5.03. The zero-order valence-electron chi connectivity index (χ0n) is 18.1. The van der Waals surface area contributed by atoms with Crippen LogP contribution < -0.4 is 14.8 Å². The van der Waals surface area contributed by atoms with Gasteiger partial charge in [0.05, 0.1) is 12.8 Å². The van der Waals surface area contributed by atoms with Gasteiger partial charge in [0.1, 0.15) is 23.9 Å². The normalized spacial score (nSPS) is 18.5. The highest BCUT2D eigenvalue weighted by atomic mass is 79.9. The molecule has 0 saturated heterocycles. The molecule has 2 aliphatic rings. The number of methoxy groups -OCH3 is 1. The fraction of sp³-hybridized carbons (Fsp3) is 0.154. The summed E-state index contributed by atoms with van der Waals surface area (Å²) in [4.78, 5) is 4.49. The number of aryl methyl sites for hydroxylation is 1. The van der Waals surface area contributed by atoms with Gasteiger partial charge in [-0.1, -0.05) is 57.9 Å². The lowest BCUT2D eigenvalue weighted by molar-refractivity contribution is 0.217. The molecule has 0 fully saturated rings. The summed E-state index contributed by atoms with van der Waals surface area (Å²) >= 11 is 3.63. The second-order valence-electron chi connectivity index (χ2n) is 8.18. The fourth-order valence-electron chi connectivity index (χ4n) is 4.66. The highest BCUT2D eigenvalue weighted by molar-refractivity contribution is 9.10. The molecule has 6 nitrogen and oxygen atoms in total. The molecule has 164 valence electrons. The van der Waals surface area contributed by atoms with E-state index in [1.807, 2.05) is 35.0 Å². The molecule has 0 amide bonds. The summed E-state index contributed by atoms with van der Waals surface area (Å²) in [5.41, 5.74) is 6.32. The van der Waals surface area contributed by atoms with Gasteiger partial charge >= 0.3 is 0 Å². The number of ether oxygens (including phenoxy) is 2. The summed E-state index contributed by atoms with van der Waals surface area (Å²) < 4.78 is 15.3. The van der Waals surface area contributed by atoms with E-state index < -0.39 is 6.10 Å². The van der Waals surface area contributed by atoms with Crippen LogP contribution in [-0.4, -0.2) is 21.9 Å². The predicted molar refractivity (Wildman–Crippen MR) is 130 cm³/mol. The van der Waals surface area contributed by atoms with E-state index >= 15 is 0 Å². The summed E-state index contributed by atoms with van der Waals surface area (Å²) in [6, 6.07) is 22.4. The molecule has 2 atom stereocenters. The van der Waals surface area contributed by atoms with Crippen molar-refractivity contribution in [2.24, 2.45) is 0 Å². The monoisotopic (exact) mass is 500 g/mol. The first kappa shape index (κ1) is 20.1. The Morgan fingerprint density at radius 1 is 1.06 bits per heavy atom. The third-order valence-electron chi connectivity index (χ3n) is 6.19. The molecule has 33 heavy (non-hydrogen) atoms. The van der Waals surface area contributed by atoms with E-state index in [-0.39, 0.29) is 6.04 Å². The highest BCUT2D eigenvalue weighted by Crippen LogP contribution is 2.52. The van der Waals surface area contributed by atoms with E-state index in [0.29, 0.717) is 5.95 Å². The maximum atomic E-state index is 6.69. The number of anilines is 1. The first-order valence-electron chi connectivity index (χ1n) is 10.7. The number of fused-ring (bicyclic) bond motifs is 3. The molecule has 0 unspecified atom stereocenters. The molecular formula is C26H21BrN4O2. The zero-order valence-corrected chi connectivity index (χ0v) is 19.7. The van der Waals surface area contributed by atoms with Crippen molar-refractivity contribution in [3.05, 3.63) is 105 Å². The number of benzene rings is 3. The maximum absolute atomic E-state index is 6.69. The summed E-state index contributed by atoms with van der Waals surface area (Å²) in [7, 11) is 1.69. The first-order valence-corrected chi connectivity index (χ1v) is 11.5. The summed E-state index contributed by atoms with van der Waals surface area (Å²) in [5, 5.41) is 8.12. The SMILES string of the molecule is COc1ccc(Br)cc1[C@H]1Oc2ccccc2C2=C1[C@@H](c1ccc(C)cc1)n1ncnc1N2. The van der Waals surface area contributed by atoms with Crippen LogP contribution in [0.2, 0.25) is 0 Å². The first-order chi connectivity index (χ1) is 16.1. The van der Waals surface area contributed by atoms with Crippen LogP contribution >= 0.6 is 15.9 Å². The molecule has 3 aromatic carbocycles. The minimum atomic E-state index is -0.390. The van der Waals surface area contributed by atoms with Crippen molar-refractivity contribution in [1.82, 2.24) is 14.8 Å². The van der Waals surface area contributed by atoms with Crippen LogP contribution in [0.25, 0.3) is 5.70 Å². The summed E-state index contributed by atoms with van der Waals surface area (Å²) in [6.07, 6.45) is 1.20. The lowest BCUT2D eigenvalue weighted by Crippen LogP contribution is -2.32. The molecule has 7 heteroatoms. The van der Waals surface area contributed by atoms with E-state index in [1.54, 1.807) is 13.4 Å². The van der Waals surface area contributed by atoms with Crippen LogP contribution in [0, 0.1) is 6.92 Å². The summed E-state index contributed by atoms with van der Waals surface area (Å²) in [5.74, 6) is 2.28. The van der Waals surface area contributed by atoms with Crippen molar-refractivity contribution < 1.29 is 9.47 Å². The van der Waals surface area contributed by atoms with Crippen molar-refractivity contribution in [3.63, 3.8) is 0 Å². The summed E-state index contributed by atoms with van der Waals surface area (Å²) in [6.45, 7) is 2.09. The molecule has 0 bridgehead atoms. The molecule has 3 heterocycles. The smallest absolute Gasteiger partial charge is 0.226 e. The van der Waals surface area contributed by atoms with Gasteiger partial charge in [-0.05, 0) is 42.8 Å². The Kier molecular flexibility index (Phi) is 4.73. The van der Waals surface area contributed by atoms with Crippen LogP contribution in [0.4, 0.5) is 5.95 Å². The standard InChI is InChI=1S/C26H21BrN4O2/c1-15-7-9-16(10-8-15)24-22-23(30-26-28-14-29-31(24)26)18-5-3-4-6-21(18)33-25(22)19-13-17(27)11-12-20(19)32-2/h3-14,24-25H,1-2H3,(H,28,29,30)/t24-,25-/m1/s1. The van der Waals surface area contributed by atoms with Gasteiger partial charge in [-0.15, -0.1) is 0 Å². The van der Waals surface area contributed by atoms with E-state index in [0.717, 1.165) is 43.9 Å². The van der Waals surface area contributed by atoms with E-state index in [1.165, 1.54) is 5.56 Å². The molecule has 0 saturated carbocycles.